The standard InChI is InChI=1S/C16H23NO4/c1-4-10-17(12-16(2,3)14(18)19)15(20)21-11-13-8-6-5-7-9-13/h5-9H,4,10-12H2,1-3H3,(H,18,19). The molecule has 116 valence electrons. The largest absolute Gasteiger partial charge is 0.481 e. The Labute approximate surface area is 125 Å². The van der Waals surface area contributed by atoms with Gasteiger partial charge in [-0.3, -0.25) is 4.79 Å². The maximum absolute atomic E-state index is 12.1. The molecular formula is C16H23NO4. The number of hydrogen-bond acceptors (Lipinski definition) is 3. The maximum atomic E-state index is 12.1. The van der Waals surface area contributed by atoms with E-state index in [2.05, 4.69) is 0 Å². The molecule has 21 heavy (non-hydrogen) atoms. The fourth-order valence-corrected chi connectivity index (χ4v) is 1.86. The molecule has 0 aliphatic heterocycles. The van der Waals surface area contributed by atoms with E-state index in [9.17, 15) is 9.59 Å². The van der Waals surface area contributed by atoms with Gasteiger partial charge < -0.3 is 14.7 Å². The molecule has 0 fully saturated rings. The van der Waals surface area contributed by atoms with Crippen LogP contribution in [0.4, 0.5) is 4.79 Å². The topological polar surface area (TPSA) is 66.8 Å². The Morgan fingerprint density at radius 3 is 2.38 bits per heavy atom. The molecule has 0 saturated carbocycles. The van der Waals surface area contributed by atoms with Gasteiger partial charge in [0.05, 0.1) is 5.41 Å². The van der Waals surface area contributed by atoms with Crippen molar-refractivity contribution < 1.29 is 19.4 Å². The minimum atomic E-state index is -0.999. The predicted octanol–water partition coefficient (Wildman–Crippen LogP) is 3.15. The molecule has 1 amide bonds. The summed E-state index contributed by atoms with van der Waals surface area (Å²) in [6.45, 7) is 5.93. The van der Waals surface area contributed by atoms with Gasteiger partial charge in [0.15, 0.2) is 0 Å². The molecule has 0 aromatic heterocycles. The van der Waals surface area contributed by atoms with Crippen molar-refractivity contribution in [2.24, 2.45) is 5.41 Å². The van der Waals surface area contributed by atoms with Crippen molar-refractivity contribution in [1.29, 1.82) is 0 Å². The van der Waals surface area contributed by atoms with Crippen LogP contribution in [0.2, 0.25) is 0 Å². The van der Waals surface area contributed by atoms with E-state index in [0.29, 0.717) is 6.54 Å². The molecule has 0 unspecified atom stereocenters. The molecule has 5 heteroatoms. The summed E-state index contributed by atoms with van der Waals surface area (Å²) < 4.78 is 5.26. The fraction of sp³-hybridized carbons (Fsp3) is 0.500. The Hall–Kier alpha value is -2.04. The van der Waals surface area contributed by atoms with Crippen molar-refractivity contribution in [2.45, 2.75) is 33.8 Å². The number of amides is 1. The summed E-state index contributed by atoms with van der Waals surface area (Å²) >= 11 is 0. The second-order valence-corrected chi connectivity index (χ2v) is 5.65. The number of carbonyl (C=O) groups excluding carboxylic acids is 1. The van der Waals surface area contributed by atoms with E-state index in [0.717, 1.165) is 12.0 Å². The second kappa shape index (κ2) is 7.67. The molecule has 1 aromatic carbocycles. The fourth-order valence-electron chi connectivity index (χ4n) is 1.86. The second-order valence-electron chi connectivity index (χ2n) is 5.65. The highest BCUT2D eigenvalue weighted by atomic mass is 16.6. The smallest absolute Gasteiger partial charge is 0.410 e. The Kier molecular flexibility index (Phi) is 6.21. The van der Waals surface area contributed by atoms with E-state index >= 15 is 0 Å². The van der Waals surface area contributed by atoms with Crippen LogP contribution in [0.25, 0.3) is 0 Å². The lowest BCUT2D eigenvalue weighted by molar-refractivity contribution is -0.147. The van der Waals surface area contributed by atoms with Gasteiger partial charge in [-0.1, -0.05) is 37.3 Å². The summed E-state index contributed by atoms with van der Waals surface area (Å²) in [5, 5.41) is 9.17. The minimum absolute atomic E-state index is 0.129. The van der Waals surface area contributed by atoms with E-state index in [1.165, 1.54) is 4.90 Å². The van der Waals surface area contributed by atoms with Crippen LogP contribution in [-0.4, -0.2) is 35.2 Å². The van der Waals surface area contributed by atoms with Crippen LogP contribution in [0.3, 0.4) is 0 Å². The van der Waals surface area contributed by atoms with Crippen LogP contribution in [0.5, 0.6) is 0 Å². The normalized spacial score (nSPS) is 11.0. The molecule has 0 bridgehead atoms. The van der Waals surface area contributed by atoms with Gasteiger partial charge in [-0.25, -0.2) is 4.79 Å². The van der Waals surface area contributed by atoms with Crippen molar-refractivity contribution >= 4 is 12.1 Å². The first-order chi connectivity index (χ1) is 9.86. The zero-order valence-corrected chi connectivity index (χ0v) is 12.8. The molecule has 1 rings (SSSR count). The Balaban J connectivity index is 2.63. The number of aliphatic carboxylic acids is 1. The van der Waals surface area contributed by atoms with Crippen molar-refractivity contribution in [3.05, 3.63) is 35.9 Å². The Morgan fingerprint density at radius 1 is 1.24 bits per heavy atom. The lowest BCUT2D eigenvalue weighted by Gasteiger charge is -2.29. The third-order valence-electron chi connectivity index (χ3n) is 3.12. The van der Waals surface area contributed by atoms with Gasteiger partial charge in [-0.05, 0) is 25.8 Å². The molecule has 5 nitrogen and oxygen atoms in total. The van der Waals surface area contributed by atoms with Gasteiger partial charge in [-0.15, -0.1) is 0 Å². The quantitative estimate of drug-likeness (QED) is 0.838. The number of benzene rings is 1. The van der Waals surface area contributed by atoms with Gasteiger partial charge in [0.25, 0.3) is 0 Å². The first kappa shape index (κ1) is 17.0. The van der Waals surface area contributed by atoms with Crippen molar-refractivity contribution in [1.82, 2.24) is 4.90 Å². The predicted molar refractivity (Wildman–Crippen MR) is 79.9 cm³/mol. The van der Waals surface area contributed by atoms with Gasteiger partial charge >= 0.3 is 12.1 Å². The average molecular weight is 293 g/mol. The molecular weight excluding hydrogens is 270 g/mol. The monoisotopic (exact) mass is 293 g/mol. The Bertz CT molecular complexity index is 470. The van der Waals surface area contributed by atoms with Crippen LogP contribution >= 0.6 is 0 Å². The number of ether oxygens (including phenoxy) is 1. The summed E-state index contributed by atoms with van der Waals surface area (Å²) in [5.74, 6) is -0.931. The van der Waals surface area contributed by atoms with Crippen molar-refractivity contribution in [3.8, 4) is 0 Å². The van der Waals surface area contributed by atoms with Crippen molar-refractivity contribution in [3.63, 3.8) is 0 Å². The van der Waals surface area contributed by atoms with Crippen LogP contribution < -0.4 is 0 Å². The molecule has 0 radical (unpaired) electrons. The van der Waals surface area contributed by atoms with Gasteiger partial charge in [-0.2, -0.15) is 0 Å². The average Bonchev–Trinajstić information content (AvgIpc) is 2.45. The lowest BCUT2D eigenvalue weighted by Crippen LogP contribution is -2.43. The highest BCUT2D eigenvalue weighted by Gasteiger charge is 2.32. The SMILES string of the molecule is CCCN(CC(C)(C)C(=O)O)C(=O)OCc1ccccc1. The van der Waals surface area contributed by atoms with E-state index < -0.39 is 17.5 Å². The molecule has 0 spiro atoms. The number of hydrogen-bond donors (Lipinski definition) is 1. The van der Waals surface area contributed by atoms with Gasteiger partial charge in [0.2, 0.25) is 0 Å². The molecule has 0 heterocycles. The minimum Gasteiger partial charge on any atom is -0.481 e. The molecule has 0 atom stereocenters. The number of carboxylic acid groups (broad SMARTS) is 1. The summed E-state index contributed by atoms with van der Waals surface area (Å²) in [4.78, 5) is 24.8. The third kappa shape index (κ3) is 5.45. The summed E-state index contributed by atoms with van der Waals surface area (Å²) in [6, 6.07) is 9.39. The summed E-state index contributed by atoms with van der Waals surface area (Å²) in [5.41, 5.74) is -0.0965. The number of nitrogens with zero attached hydrogens (tertiary/aromatic N) is 1. The molecule has 0 saturated heterocycles. The van der Waals surface area contributed by atoms with E-state index in [1.54, 1.807) is 13.8 Å². The molecule has 1 N–H and O–H groups in total. The summed E-state index contributed by atoms with van der Waals surface area (Å²) in [6.07, 6.45) is 0.269. The molecule has 0 aliphatic carbocycles. The first-order valence-corrected chi connectivity index (χ1v) is 7.06. The zero-order chi connectivity index (χ0) is 15.9. The van der Waals surface area contributed by atoms with Gasteiger partial charge in [0, 0.05) is 13.1 Å². The molecule has 0 aliphatic rings. The van der Waals surface area contributed by atoms with Crippen LogP contribution in [0, 0.1) is 5.41 Å². The number of carboxylic acids is 1. The van der Waals surface area contributed by atoms with E-state index in [4.69, 9.17) is 9.84 Å². The Morgan fingerprint density at radius 2 is 1.86 bits per heavy atom. The van der Waals surface area contributed by atoms with Crippen LogP contribution in [0.1, 0.15) is 32.8 Å². The lowest BCUT2D eigenvalue weighted by atomic mass is 9.93. The first-order valence-electron chi connectivity index (χ1n) is 7.06. The zero-order valence-electron chi connectivity index (χ0n) is 12.8. The van der Waals surface area contributed by atoms with E-state index in [-0.39, 0.29) is 13.2 Å². The van der Waals surface area contributed by atoms with Crippen molar-refractivity contribution in [2.75, 3.05) is 13.1 Å². The van der Waals surface area contributed by atoms with Gasteiger partial charge in [0.1, 0.15) is 6.61 Å². The van der Waals surface area contributed by atoms with Crippen LogP contribution in [0.15, 0.2) is 30.3 Å². The highest BCUT2D eigenvalue weighted by molar-refractivity contribution is 5.75. The maximum Gasteiger partial charge on any atom is 0.410 e. The third-order valence-corrected chi connectivity index (χ3v) is 3.12. The molecule has 1 aromatic rings. The summed E-state index contributed by atoms with van der Waals surface area (Å²) in [7, 11) is 0. The highest BCUT2D eigenvalue weighted by Crippen LogP contribution is 2.18. The number of rotatable bonds is 7. The van der Waals surface area contributed by atoms with E-state index in [1.807, 2.05) is 37.3 Å². The number of carbonyl (C=O) groups is 2. The van der Waals surface area contributed by atoms with Crippen LogP contribution in [-0.2, 0) is 16.1 Å².